The third-order valence-corrected chi connectivity index (χ3v) is 6.54. The summed E-state index contributed by atoms with van der Waals surface area (Å²) in [6.45, 7) is 1.20. The highest BCUT2D eigenvalue weighted by Gasteiger charge is 2.33. The van der Waals surface area contributed by atoms with Crippen LogP contribution in [0.2, 0.25) is 0 Å². The van der Waals surface area contributed by atoms with Crippen LogP contribution < -0.4 is 4.74 Å². The Morgan fingerprint density at radius 1 is 1.06 bits per heavy atom. The van der Waals surface area contributed by atoms with Crippen molar-refractivity contribution in [2.45, 2.75) is 19.3 Å². The van der Waals surface area contributed by atoms with E-state index < -0.39 is 11.7 Å². The molecule has 0 amide bonds. The molecule has 1 aromatic heterocycles. The molecule has 1 N–H and O–H groups in total. The molecule has 4 aromatic rings. The van der Waals surface area contributed by atoms with E-state index in [4.69, 9.17) is 4.74 Å². The lowest BCUT2D eigenvalue weighted by molar-refractivity contribution is -0.138. The molecule has 0 radical (unpaired) electrons. The van der Waals surface area contributed by atoms with Gasteiger partial charge in [0.15, 0.2) is 11.5 Å². The van der Waals surface area contributed by atoms with Gasteiger partial charge in [-0.2, -0.15) is 13.2 Å². The summed E-state index contributed by atoms with van der Waals surface area (Å²) >= 11 is 1.52. The first-order chi connectivity index (χ1) is 15.4. The highest BCUT2D eigenvalue weighted by molar-refractivity contribution is 7.21. The minimum atomic E-state index is -4.41. The molecular weight excluding hydrogens is 437 g/mol. The van der Waals surface area contributed by atoms with Gasteiger partial charge in [0.05, 0.1) is 15.8 Å². The maximum Gasteiger partial charge on any atom is 0.416 e. The maximum absolute atomic E-state index is 13.4. The van der Waals surface area contributed by atoms with E-state index in [0.29, 0.717) is 18.8 Å². The summed E-state index contributed by atoms with van der Waals surface area (Å²) < 4.78 is 47.1. The molecule has 0 unspecified atom stereocenters. The fraction of sp³-hybridized carbons (Fsp3) is 0.208. The van der Waals surface area contributed by atoms with Crippen LogP contribution in [0.15, 0.2) is 60.7 Å². The lowest BCUT2D eigenvalue weighted by Crippen LogP contribution is -2.26. The van der Waals surface area contributed by atoms with Crippen molar-refractivity contribution >= 4 is 21.6 Å². The normalized spacial score (nSPS) is 14.7. The second kappa shape index (κ2) is 8.11. The summed E-state index contributed by atoms with van der Waals surface area (Å²) in [5.41, 5.74) is 1.94. The molecule has 0 atom stereocenters. The van der Waals surface area contributed by atoms with E-state index >= 15 is 0 Å². The van der Waals surface area contributed by atoms with Crippen molar-refractivity contribution in [3.05, 3.63) is 77.4 Å². The Balaban J connectivity index is 1.47. The number of thiazole rings is 1. The van der Waals surface area contributed by atoms with E-state index in [1.54, 1.807) is 12.1 Å². The highest BCUT2D eigenvalue weighted by atomic mass is 32.1. The first-order valence-electron chi connectivity index (χ1n) is 10.1. The largest absolute Gasteiger partial charge is 0.504 e. The zero-order valence-corrected chi connectivity index (χ0v) is 17.7. The first-order valence-corrected chi connectivity index (χ1v) is 10.9. The summed E-state index contributed by atoms with van der Waals surface area (Å²) in [6.07, 6.45) is -4.41. The Morgan fingerprint density at radius 2 is 1.84 bits per heavy atom. The van der Waals surface area contributed by atoms with Gasteiger partial charge in [0.1, 0.15) is 11.6 Å². The molecule has 1 aliphatic rings. The van der Waals surface area contributed by atoms with Crippen molar-refractivity contribution in [3.63, 3.8) is 0 Å². The highest BCUT2D eigenvalue weighted by Crippen LogP contribution is 2.40. The number of nitrogens with zero attached hydrogens (tertiary/aromatic N) is 2. The predicted octanol–water partition coefficient (Wildman–Crippen LogP) is 6.08. The molecule has 3 aromatic carbocycles. The van der Waals surface area contributed by atoms with E-state index in [0.717, 1.165) is 32.4 Å². The summed E-state index contributed by atoms with van der Waals surface area (Å²) in [7, 11) is 0. The fourth-order valence-electron chi connectivity index (χ4n) is 3.98. The number of hydrogen-bond acceptors (Lipinski definition) is 5. The van der Waals surface area contributed by atoms with Crippen molar-refractivity contribution in [3.8, 4) is 22.1 Å². The average molecular weight is 456 g/mol. The smallest absolute Gasteiger partial charge is 0.416 e. The topological polar surface area (TPSA) is 45.6 Å². The number of aromatic nitrogens is 1. The Hall–Kier alpha value is -3.10. The number of hydrogen-bond donors (Lipinski definition) is 1. The van der Waals surface area contributed by atoms with Crippen molar-refractivity contribution < 1.29 is 23.0 Å². The maximum atomic E-state index is 13.4. The van der Waals surface area contributed by atoms with E-state index in [1.807, 2.05) is 35.2 Å². The Morgan fingerprint density at radius 3 is 2.66 bits per heavy atom. The van der Waals surface area contributed by atoms with Gasteiger partial charge in [0, 0.05) is 30.8 Å². The van der Waals surface area contributed by atoms with Crippen LogP contribution in [0.3, 0.4) is 0 Å². The van der Waals surface area contributed by atoms with Gasteiger partial charge in [-0.1, -0.05) is 30.3 Å². The SMILES string of the molecule is Oc1cc(-c2nc3ccccc3s2)cc2c1OCCN(Cc1ccccc1C(F)(F)F)C2. The van der Waals surface area contributed by atoms with Gasteiger partial charge >= 0.3 is 6.18 Å². The summed E-state index contributed by atoms with van der Waals surface area (Å²) in [5.74, 6) is 0.385. The Bertz CT molecular complexity index is 1250. The van der Waals surface area contributed by atoms with Gasteiger partial charge in [-0.15, -0.1) is 11.3 Å². The van der Waals surface area contributed by atoms with Gasteiger partial charge in [-0.05, 0) is 35.9 Å². The van der Waals surface area contributed by atoms with Crippen LogP contribution in [0.25, 0.3) is 20.8 Å². The molecule has 5 rings (SSSR count). The second-order valence-corrected chi connectivity index (χ2v) is 8.72. The Labute approximate surface area is 186 Å². The number of aromatic hydroxyl groups is 1. The van der Waals surface area contributed by atoms with Gasteiger partial charge in [0.25, 0.3) is 0 Å². The number of phenols is 1. The molecular formula is C24H19F3N2O2S. The lowest BCUT2D eigenvalue weighted by atomic mass is 10.1. The van der Waals surface area contributed by atoms with Crippen LogP contribution in [0.5, 0.6) is 11.5 Å². The molecule has 8 heteroatoms. The quantitative estimate of drug-likeness (QED) is 0.406. The molecule has 0 saturated carbocycles. The molecule has 0 aliphatic carbocycles. The minimum absolute atomic E-state index is 0.00861. The van der Waals surface area contributed by atoms with Crippen LogP contribution in [0, 0.1) is 0 Å². The molecule has 0 bridgehead atoms. The van der Waals surface area contributed by atoms with Crippen LogP contribution >= 0.6 is 11.3 Å². The molecule has 0 fully saturated rings. The molecule has 1 aliphatic heterocycles. The van der Waals surface area contributed by atoms with E-state index in [-0.39, 0.29) is 24.5 Å². The zero-order valence-electron chi connectivity index (χ0n) is 16.9. The molecule has 0 spiro atoms. The third-order valence-electron chi connectivity index (χ3n) is 5.45. The van der Waals surface area contributed by atoms with Crippen LogP contribution in [-0.4, -0.2) is 28.1 Å². The fourth-order valence-corrected chi connectivity index (χ4v) is 4.94. The van der Waals surface area contributed by atoms with E-state index in [9.17, 15) is 18.3 Å². The molecule has 4 nitrogen and oxygen atoms in total. The molecule has 2 heterocycles. The number of benzene rings is 3. The van der Waals surface area contributed by atoms with Crippen molar-refractivity contribution in [2.75, 3.05) is 13.2 Å². The monoisotopic (exact) mass is 456 g/mol. The first kappa shape index (κ1) is 20.8. The van der Waals surface area contributed by atoms with Crippen molar-refractivity contribution in [1.82, 2.24) is 9.88 Å². The van der Waals surface area contributed by atoms with Gasteiger partial charge in [-0.3, -0.25) is 4.90 Å². The lowest BCUT2D eigenvalue weighted by Gasteiger charge is -2.22. The summed E-state index contributed by atoms with van der Waals surface area (Å²) in [5, 5.41) is 11.4. The Kier molecular flexibility index (Phi) is 5.27. The van der Waals surface area contributed by atoms with Gasteiger partial charge in [0.2, 0.25) is 0 Å². The predicted molar refractivity (Wildman–Crippen MR) is 118 cm³/mol. The number of alkyl halides is 3. The summed E-state index contributed by atoms with van der Waals surface area (Å²) in [6, 6.07) is 16.9. The third kappa shape index (κ3) is 4.03. The number of para-hydroxylation sites is 1. The number of rotatable bonds is 3. The zero-order chi connectivity index (χ0) is 22.3. The van der Waals surface area contributed by atoms with Gasteiger partial charge < -0.3 is 9.84 Å². The van der Waals surface area contributed by atoms with E-state index in [1.165, 1.54) is 23.5 Å². The second-order valence-electron chi connectivity index (χ2n) is 7.68. The number of ether oxygens (including phenoxy) is 1. The molecule has 32 heavy (non-hydrogen) atoms. The standard InChI is InChI=1S/C24H19F3N2O2S/c25-24(26,27)18-6-2-1-5-15(18)13-29-9-10-31-22-17(14-29)11-16(12-20(22)30)23-28-19-7-3-4-8-21(19)32-23/h1-8,11-12,30H,9-10,13-14H2. The van der Waals surface area contributed by atoms with Crippen LogP contribution in [0.1, 0.15) is 16.7 Å². The van der Waals surface area contributed by atoms with Crippen molar-refractivity contribution in [2.24, 2.45) is 0 Å². The number of halogens is 3. The molecule has 164 valence electrons. The van der Waals surface area contributed by atoms with Crippen LogP contribution in [0.4, 0.5) is 13.2 Å². The number of fused-ring (bicyclic) bond motifs is 2. The van der Waals surface area contributed by atoms with Gasteiger partial charge in [-0.25, -0.2) is 4.98 Å². The average Bonchev–Trinajstić information content (AvgIpc) is 3.08. The van der Waals surface area contributed by atoms with Crippen molar-refractivity contribution in [1.29, 1.82) is 0 Å². The van der Waals surface area contributed by atoms with E-state index in [2.05, 4.69) is 4.98 Å². The number of phenolic OH excluding ortho intramolecular Hbond substituents is 1. The minimum Gasteiger partial charge on any atom is -0.504 e. The van der Waals surface area contributed by atoms with Crippen LogP contribution in [-0.2, 0) is 19.3 Å². The molecule has 0 saturated heterocycles. The summed E-state index contributed by atoms with van der Waals surface area (Å²) in [4.78, 5) is 6.55.